The van der Waals surface area contributed by atoms with Crippen LogP contribution >= 0.6 is 0 Å². The largest absolute Gasteiger partial charge is 0.741 e. The lowest BCUT2D eigenvalue weighted by molar-refractivity contribution is -0.804. The SMILES string of the molecule is CCCCCCCC[NH+]1C=CC=C1CCCC.O=S(=O)([O-])C(F)(F)F. The fourth-order valence-electron chi connectivity index (χ4n) is 2.45. The van der Waals surface area contributed by atoms with E-state index in [0.29, 0.717) is 0 Å². The van der Waals surface area contributed by atoms with Crippen molar-refractivity contribution in [1.82, 2.24) is 0 Å². The molecule has 8 heteroatoms. The number of allylic oxidation sites excluding steroid dienone is 3. The molecule has 0 saturated heterocycles. The van der Waals surface area contributed by atoms with Gasteiger partial charge in [-0.05, 0) is 25.3 Å². The molecule has 0 fully saturated rings. The van der Waals surface area contributed by atoms with E-state index in [2.05, 4.69) is 32.2 Å². The second-order valence-electron chi connectivity index (χ2n) is 6.10. The van der Waals surface area contributed by atoms with Gasteiger partial charge in [0, 0.05) is 12.5 Å². The number of halogens is 3. The van der Waals surface area contributed by atoms with Crippen LogP contribution in [0.3, 0.4) is 0 Å². The maximum Gasteiger partial charge on any atom is 0.485 e. The van der Waals surface area contributed by atoms with Crippen molar-refractivity contribution in [2.75, 3.05) is 6.54 Å². The molecular weight excluding hydrogens is 355 g/mol. The number of nitrogens with one attached hydrogen (secondary N) is 1. The average Bonchev–Trinajstić information content (AvgIpc) is 2.94. The van der Waals surface area contributed by atoms with Gasteiger partial charge in [-0.2, -0.15) is 13.2 Å². The summed E-state index contributed by atoms with van der Waals surface area (Å²) in [6, 6.07) is 0. The lowest BCUT2D eigenvalue weighted by Gasteiger charge is -2.14. The van der Waals surface area contributed by atoms with Gasteiger partial charge in [0.25, 0.3) is 0 Å². The van der Waals surface area contributed by atoms with Crippen LogP contribution in [0.15, 0.2) is 24.0 Å². The molecule has 0 radical (unpaired) electrons. The van der Waals surface area contributed by atoms with E-state index < -0.39 is 15.6 Å². The Morgan fingerprint density at radius 2 is 1.52 bits per heavy atom. The quantitative estimate of drug-likeness (QED) is 0.353. The van der Waals surface area contributed by atoms with Crippen LogP contribution in [-0.2, 0) is 10.1 Å². The lowest BCUT2D eigenvalue weighted by Crippen LogP contribution is -3.04. The predicted octanol–water partition coefficient (Wildman–Crippen LogP) is 3.88. The summed E-state index contributed by atoms with van der Waals surface area (Å²) >= 11 is 0. The highest BCUT2D eigenvalue weighted by atomic mass is 32.2. The third-order valence-electron chi connectivity index (χ3n) is 3.89. The van der Waals surface area contributed by atoms with Gasteiger partial charge in [-0.15, -0.1) is 0 Å². The highest BCUT2D eigenvalue weighted by molar-refractivity contribution is 7.86. The monoisotopic (exact) mass is 385 g/mol. The summed E-state index contributed by atoms with van der Waals surface area (Å²) in [7, 11) is -6.09. The molecule has 1 atom stereocenters. The van der Waals surface area contributed by atoms with Crippen molar-refractivity contribution in [3.05, 3.63) is 24.0 Å². The fourth-order valence-corrected chi connectivity index (χ4v) is 2.45. The molecule has 1 rings (SSSR count). The van der Waals surface area contributed by atoms with Crippen LogP contribution in [-0.4, -0.2) is 25.0 Å². The second kappa shape index (κ2) is 12.5. The van der Waals surface area contributed by atoms with Crippen LogP contribution in [0.25, 0.3) is 0 Å². The standard InChI is InChI=1S/C16H29N.CHF3O3S/c1-3-5-7-8-9-10-14-17-15-11-13-16(17)12-6-4-2;2-1(3,4)8(5,6)7/h11,13,15H,3-10,12,14H2,1-2H3;(H,5,6,7). The summed E-state index contributed by atoms with van der Waals surface area (Å²) in [6.45, 7) is 5.86. The zero-order valence-electron chi connectivity index (χ0n) is 15.1. The van der Waals surface area contributed by atoms with Gasteiger partial charge in [-0.25, -0.2) is 8.42 Å². The summed E-state index contributed by atoms with van der Waals surface area (Å²) in [5.41, 5.74) is -4.03. The Morgan fingerprint density at radius 3 is 2.04 bits per heavy atom. The minimum absolute atomic E-state index is 1.29. The fraction of sp³-hybridized carbons (Fsp3) is 0.765. The first-order valence-corrected chi connectivity index (χ1v) is 10.3. The van der Waals surface area contributed by atoms with Crippen molar-refractivity contribution in [1.29, 1.82) is 0 Å². The highest BCUT2D eigenvalue weighted by Crippen LogP contribution is 2.20. The van der Waals surface area contributed by atoms with E-state index in [4.69, 9.17) is 13.0 Å². The molecule has 0 aromatic heterocycles. The van der Waals surface area contributed by atoms with E-state index in [9.17, 15) is 13.2 Å². The van der Waals surface area contributed by atoms with Gasteiger partial charge in [-0.3, -0.25) is 4.90 Å². The van der Waals surface area contributed by atoms with Gasteiger partial charge >= 0.3 is 5.51 Å². The van der Waals surface area contributed by atoms with Crippen LogP contribution in [0.4, 0.5) is 13.2 Å². The topological polar surface area (TPSA) is 61.6 Å². The van der Waals surface area contributed by atoms with E-state index in [-0.39, 0.29) is 0 Å². The number of quaternary nitrogens is 1. The Balaban J connectivity index is 0.000000609. The molecule has 148 valence electrons. The second-order valence-corrected chi connectivity index (χ2v) is 7.47. The minimum atomic E-state index is -6.09. The Bertz CT molecular complexity index is 514. The summed E-state index contributed by atoms with van der Waals surface area (Å²) < 4.78 is 58.9. The van der Waals surface area contributed by atoms with Gasteiger partial charge in [0.15, 0.2) is 10.1 Å². The van der Waals surface area contributed by atoms with Crippen LogP contribution < -0.4 is 4.90 Å². The predicted molar refractivity (Wildman–Crippen MR) is 91.7 cm³/mol. The molecule has 0 bridgehead atoms. The number of hydrogen-bond donors (Lipinski definition) is 1. The average molecular weight is 385 g/mol. The van der Waals surface area contributed by atoms with Crippen LogP contribution in [0.2, 0.25) is 0 Å². The van der Waals surface area contributed by atoms with Crippen LogP contribution in [0.5, 0.6) is 0 Å². The van der Waals surface area contributed by atoms with Crippen molar-refractivity contribution in [2.45, 2.75) is 77.1 Å². The molecule has 0 aliphatic carbocycles. The smallest absolute Gasteiger partial charge is 0.485 e. The minimum Gasteiger partial charge on any atom is -0.741 e. The molecule has 1 aliphatic rings. The summed E-state index contributed by atoms with van der Waals surface area (Å²) in [5, 5.41) is 0. The Labute approximate surface area is 149 Å². The Kier molecular flexibility index (Phi) is 12.1. The van der Waals surface area contributed by atoms with Crippen molar-refractivity contribution in [3.8, 4) is 0 Å². The summed E-state index contributed by atoms with van der Waals surface area (Å²) in [5.74, 6) is 0. The zero-order chi connectivity index (χ0) is 19.3. The maximum atomic E-state index is 10.7. The van der Waals surface area contributed by atoms with E-state index in [1.165, 1.54) is 64.3 Å². The highest BCUT2D eigenvalue weighted by Gasteiger charge is 2.36. The molecular formula is C17H30F3NO3S. The Hall–Kier alpha value is -0.860. The van der Waals surface area contributed by atoms with Gasteiger partial charge < -0.3 is 4.55 Å². The first-order chi connectivity index (χ1) is 11.6. The first-order valence-electron chi connectivity index (χ1n) is 8.89. The molecule has 25 heavy (non-hydrogen) atoms. The van der Waals surface area contributed by atoms with Crippen molar-refractivity contribution in [3.63, 3.8) is 0 Å². The van der Waals surface area contributed by atoms with Crippen molar-refractivity contribution in [2.24, 2.45) is 0 Å². The lowest BCUT2D eigenvalue weighted by atomic mass is 10.1. The first kappa shape index (κ1) is 24.1. The molecule has 0 aromatic carbocycles. The van der Waals surface area contributed by atoms with E-state index in [1.54, 1.807) is 10.6 Å². The molecule has 1 heterocycles. The van der Waals surface area contributed by atoms with E-state index >= 15 is 0 Å². The van der Waals surface area contributed by atoms with E-state index in [0.717, 1.165) is 0 Å². The molecule has 4 nitrogen and oxygen atoms in total. The van der Waals surface area contributed by atoms with Crippen molar-refractivity contribution >= 4 is 10.1 Å². The van der Waals surface area contributed by atoms with E-state index in [1.807, 2.05) is 0 Å². The molecule has 1 aliphatic heterocycles. The summed E-state index contributed by atoms with van der Waals surface area (Å²) in [6.07, 6.45) is 19.2. The zero-order valence-corrected chi connectivity index (χ0v) is 15.9. The Morgan fingerprint density at radius 1 is 1.00 bits per heavy atom. The molecule has 0 saturated carbocycles. The summed E-state index contributed by atoms with van der Waals surface area (Å²) in [4.78, 5) is 1.62. The number of hydrogen-bond acceptors (Lipinski definition) is 3. The van der Waals surface area contributed by atoms with Gasteiger partial charge in [-0.1, -0.05) is 46.0 Å². The third kappa shape index (κ3) is 11.4. The number of unbranched alkanes of at least 4 members (excludes halogenated alkanes) is 6. The van der Waals surface area contributed by atoms with Gasteiger partial charge in [0.05, 0.1) is 12.7 Å². The third-order valence-corrected chi connectivity index (χ3v) is 4.46. The maximum absolute atomic E-state index is 10.7. The number of rotatable bonds is 10. The van der Waals surface area contributed by atoms with Crippen LogP contribution in [0, 0.1) is 0 Å². The molecule has 0 amide bonds. The number of alkyl halides is 3. The molecule has 1 N–H and O–H groups in total. The molecule has 1 unspecified atom stereocenters. The molecule has 0 aromatic rings. The van der Waals surface area contributed by atoms with Gasteiger partial charge in [0.2, 0.25) is 0 Å². The van der Waals surface area contributed by atoms with Gasteiger partial charge in [0.1, 0.15) is 5.70 Å². The van der Waals surface area contributed by atoms with Crippen LogP contribution in [0.1, 0.15) is 71.6 Å². The molecule has 0 spiro atoms. The van der Waals surface area contributed by atoms with Crippen molar-refractivity contribution < 1.29 is 31.0 Å². The normalized spacial score (nSPS) is 17.2.